The number of benzene rings is 2. The van der Waals surface area contributed by atoms with Crippen LogP contribution in [0.15, 0.2) is 48.2 Å². The summed E-state index contributed by atoms with van der Waals surface area (Å²) in [5, 5.41) is 11.4. The minimum absolute atomic E-state index is 0.131. The summed E-state index contributed by atoms with van der Waals surface area (Å²) in [4.78, 5) is 46.7. The van der Waals surface area contributed by atoms with E-state index in [9.17, 15) is 19.2 Å². The predicted molar refractivity (Wildman–Crippen MR) is 116 cm³/mol. The van der Waals surface area contributed by atoms with Crippen molar-refractivity contribution in [1.82, 2.24) is 5.32 Å². The third-order valence-electron chi connectivity index (χ3n) is 4.72. The van der Waals surface area contributed by atoms with E-state index < -0.39 is 30.4 Å². The minimum atomic E-state index is -1.29. The van der Waals surface area contributed by atoms with E-state index >= 15 is 0 Å². The Balaban J connectivity index is 1.62. The zero-order valence-corrected chi connectivity index (χ0v) is 17.7. The smallest absolute Gasteiger partial charge is 0.326 e. The van der Waals surface area contributed by atoms with Crippen LogP contribution in [0.4, 0.5) is 0 Å². The Bertz CT molecular complexity index is 1130. The average molecular weight is 454 g/mol. The molecule has 0 aliphatic carbocycles. The van der Waals surface area contributed by atoms with Crippen LogP contribution in [0.5, 0.6) is 17.2 Å². The van der Waals surface area contributed by atoms with Crippen LogP contribution in [-0.4, -0.2) is 48.4 Å². The summed E-state index contributed by atoms with van der Waals surface area (Å²) in [5.41, 5.74) is 6.08. The minimum Gasteiger partial charge on any atom is -0.497 e. The lowest BCUT2D eigenvalue weighted by molar-refractivity contribution is -0.142. The molecule has 0 spiro atoms. The highest BCUT2D eigenvalue weighted by Gasteiger charge is 2.28. The number of nitrogens with two attached hydrogens (primary N) is 1. The number of carboxylic acid groups (broad SMARTS) is 1. The maximum atomic E-state index is 12.6. The van der Waals surface area contributed by atoms with Crippen molar-refractivity contribution in [2.24, 2.45) is 5.73 Å². The zero-order chi connectivity index (χ0) is 24.0. The molecule has 0 bridgehead atoms. The average Bonchev–Trinajstić information content (AvgIpc) is 3.09. The van der Waals surface area contributed by atoms with E-state index in [2.05, 4.69) is 5.32 Å². The van der Waals surface area contributed by atoms with Gasteiger partial charge in [0.05, 0.1) is 12.7 Å². The first-order valence-electron chi connectivity index (χ1n) is 9.92. The molecule has 33 heavy (non-hydrogen) atoms. The van der Waals surface area contributed by atoms with Gasteiger partial charge in [-0.25, -0.2) is 4.79 Å². The molecule has 172 valence electrons. The van der Waals surface area contributed by atoms with E-state index in [1.165, 1.54) is 18.2 Å². The number of carboxylic acids is 1. The summed E-state index contributed by atoms with van der Waals surface area (Å²) in [6, 6.07) is 10.4. The SMILES string of the molecule is COc1cccc(C=C2Oc3cc(OCC(=O)N[C@@H](CCC(N)=O)C(=O)O)ccc3C2=O)c1. The number of amides is 2. The number of primary amides is 1. The Kier molecular flexibility index (Phi) is 7.29. The molecule has 10 heteroatoms. The molecule has 2 aromatic carbocycles. The van der Waals surface area contributed by atoms with Crippen molar-refractivity contribution in [3.05, 3.63) is 59.4 Å². The number of hydrogen-bond acceptors (Lipinski definition) is 7. The molecule has 1 aliphatic rings. The van der Waals surface area contributed by atoms with Gasteiger partial charge in [0.1, 0.15) is 23.3 Å². The Morgan fingerprint density at radius 1 is 1.18 bits per heavy atom. The van der Waals surface area contributed by atoms with Crippen LogP contribution < -0.4 is 25.3 Å². The van der Waals surface area contributed by atoms with Crippen molar-refractivity contribution in [1.29, 1.82) is 0 Å². The van der Waals surface area contributed by atoms with E-state index in [0.29, 0.717) is 11.3 Å². The fraction of sp³-hybridized carbons (Fsp3) is 0.217. The van der Waals surface area contributed by atoms with Gasteiger partial charge < -0.3 is 30.4 Å². The molecule has 10 nitrogen and oxygen atoms in total. The van der Waals surface area contributed by atoms with Crippen molar-refractivity contribution in [2.45, 2.75) is 18.9 Å². The molecule has 1 atom stereocenters. The number of ether oxygens (including phenoxy) is 3. The Hall–Kier alpha value is -4.34. The fourth-order valence-corrected chi connectivity index (χ4v) is 3.07. The summed E-state index contributed by atoms with van der Waals surface area (Å²) >= 11 is 0. The molecule has 4 N–H and O–H groups in total. The number of Topliss-reactive ketones (excluding diaryl/α,β-unsaturated/α-hetero) is 1. The van der Waals surface area contributed by atoms with Crippen molar-refractivity contribution in [2.75, 3.05) is 13.7 Å². The van der Waals surface area contributed by atoms with E-state index in [1.807, 2.05) is 0 Å². The third-order valence-corrected chi connectivity index (χ3v) is 4.72. The topological polar surface area (TPSA) is 154 Å². The van der Waals surface area contributed by atoms with Gasteiger partial charge in [0.2, 0.25) is 11.7 Å². The van der Waals surface area contributed by atoms with Gasteiger partial charge in [-0.1, -0.05) is 12.1 Å². The summed E-state index contributed by atoms with van der Waals surface area (Å²) in [6.07, 6.45) is 1.28. The van der Waals surface area contributed by atoms with E-state index in [1.54, 1.807) is 37.5 Å². The number of allylic oxidation sites excluding steroid dienone is 1. The van der Waals surface area contributed by atoms with Gasteiger partial charge in [0.15, 0.2) is 12.4 Å². The van der Waals surface area contributed by atoms with Gasteiger partial charge >= 0.3 is 5.97 Å². The number of hydrogen-bond donors (Lipinski definition) is 3. The molecule has 2 aromatic rings. The first-order chi connectivity index (χ1) is 15.8. The number of carbonyl (C=O) groups excluding carboxylic acids is 3. The fourth-order valence-electron chi connectivity index (χ4n) is 3.07. The summed E-state index contributed by atoms with van der Waals surface area (Å²) in [5.74, 6) is -1.64. The van der Waals surface area contributed by atoms with Gasteiger partial charge in [-0.3, -0.25) is 14.4 Å². The highest BCUT2D eigenvalue weighted by atomic mass is 16.5. The van der Waals surface area contributed by atoms with Gasteiger partial charge in [0.25, 0.3) is 5.91 Å². The highest BCUT2D eigenvalue weighted by Crippen LogP contribution is 2.35. The second-order valence-corrected chi connectivity index (χ2v) is 7.13. The maximum Gasteiger partial charge on any atom is 0.326 e. The Labute approximate surface area is 188 Å². The van der Waals surface area contributed by atoms with E-state index in [0.717, 1.165) is 5.56 Å². The quantitative estimate of drug-likeness (QED) is 0.457. The molecule has 0 aromatic heterocycles. The lowest BCUT2D eigenvalue weighted by Crippen LogP contribution is -2.43. The zero-order valence-electron chi connectivity index (χ0n) is 17.7. The van der Waals surface area contributed by atoms with Gasteiger partial charge in [0, 0.05) is 12.5 Å². The largest absolute Gasteiger partial charge is 0.497 e. The molecule has 0 saturated carbocycles. The summed E-state index contributed by atoms with van der Waals surface area (Å²) in [7, 11) is 1.55. The lowest BCUT2D eigenvalue weighted by Gasteiger charge is -2.14. The van der Waals surface area contributed by atoms with Gasteiger partial charge in [-0.2, -0.15) is 0 Å². The number of rotatable bonds is 10. The standard InChI is InChI=1S/C23H22N2O8/c1-31-14-4-2-3-13(9-14)10-19-22(28)16-6-5-15(11-18(16)33-19)32-12-21(27)25-17(23(29)30)7-8-20(24)26/h2-6,9-11,17H,7-8,12H2,1H3,(H2,24,26)(H,25,27)(H,29,30)/t17-/m0/s1. The summed E-state index contributed by atoms with van der Waals surface area (Å²) in [6.45, 7) is -0.473. The molecule has 0 radical (unpaired) electrons. The molecule has 0 fully saturated rings. The maximum absolute atomic E-state index is 12.6. The first-order valence-corrected chi connectivity index (χ1v) is 9.92. The molecule has 1 heterocycles. The van der Waals surface area contributed by atoms with Gasteiger partial charge in [-0.15, -0.1) is 0 Å². The second-order valence-electron chi connectivity index (χ2n) is 7.13. The van der Waals surface area contributed by atoms with E-state index in [4.69, 9.17) is 25.1 Å². The monoisotopic (exact) mass is 454 g/mol. The van der Waals surface area contributed by atoms with Crippen molar-refractivity contribution in [3.8, 4) is 17.2 Å². The number of ketones is 1. The Morgan fingerprint density at radius 3 is 2.67 bits per heavy atom. The van der Waals surface area contributed by atoms with Gasteiger partial charge in [-0.05, 0) is 42.3 Å². The van der Waals surface area contributed by atoms with Crippen LogP contribution in [0, 0.1) is 0 Å². The number of methoxy groups -OCH3 is 1. The van der Waals surface area contributed by atoms with Crippen LogP contribution >= 0.6 is 0 Å². The summed E-state index contributed by atoms with van der Waals surface area (Å²) < 4.78 is 16.2. The molecule has 3 rings (SSSR count). The molecule has 0 unspecified atom stereocenters. The number of nitrogens with one attached hydrogen (secondary N) is 1. The molecule has 1 aliphatic heterocycles. The molecule has 0 saturated heterocycles. The first kappa shape index (κ1) is 23.3. The Morgan fingerprint density at radius 2 is 1.97 bits per heavy atom. The van der Waals surface area contributed by atoms with Crippen LogP contribution in [0.2, 0.25) is 0 Å². The van der Waals surface area contributed by atoms with Crippen molar-refractivity contribution >= 4 is 29.6 Å². The second kappa shape index (κ2) is 10.3. The lowest BCUT2D eigenvalue weighted by atomic mass is 10.1. The van der Waals surface area contributed by atoms with Crippen molar-refractivity contribution < 1.29 is 38.5 Å². The predicted octanol–water partition coefficient (Wildman–Crippen LogP) is 1.53. The van der Waals surface area contributed by atoms with Crippen LogP contribution in [0.1, 0.15) is 28.8 Å². The third kappa shape index (κ3) is 6.10. The van der Waals surface area contributed by atoms with Crippen LogP contribution in [0.25, 0.3) is 6.08 Å². The number of fused-ring (bicyclic) bond motifs is 1. The van der Waals surface area contributed by atoms with Crippen molar-refractivity contribution in [3.63, 3.8) is 0 Å². The highest BCUT2D eigenvalue weighted by molar-refractivity contribution is 6.14. The van der Waals surface area contributed by atoms with E-state index in [-0.39, 0.29) is 35.9 Å². The molecular weight excluding hydrogens is 432 g/mol. The molecular formula is C23H22N2O8. The number of carbonyl (C=O) groups is 4. The van der Waals surface area contributed by atoms with Crippen LogP contribution in [0.3, 0.4) is 0 Å². The van der Waals surface area contributed by atoms with Crippen LogP contribution in [-0.2, 0) is 14.4 Å². The normalized spacial score (nSPS) is 14.2. The molecule has 2 amide bonds. The number of aliphatic carboxylic acids is 1.